The summed E-state index contributed by atoms with van der Waals surface area (Å²) in [7, 11) is 6.59. The van der Waals surface area contributed by atoms with Crippen LogP contribution in [-0.2, 0) is 0 Å². The summed E-state index contributed by atoms with van der Waals surface area (Å²) >= 11 is 0. The molecule has 1 saturated heterocycles. The highest BCUT2D eigenvalue weighted by Crippen LogP contribution is 2.34. The smallest absolute Gasteiger partial charge is 0.0223 e. The number of nitrogens with one attached hydrogen (secondary N) is 1. The van der Waals surface area contributed by atoms with Crippen LogP contribution >= 0.6 is 0 Å². The monoisotopic (exact) mass is 295 g/mol. The Morgan fingerprint density at radius 3 is 2.67 bits per heavy atom. The predicted molar refractivity (Wildman–Crippen MR) is 91.7 cm³/mol. The van der Waals surface area contributed by atoms with E-state index in [0.29, 0.717) is 0 Å². The van der Waals surface area contributed by atoms with Gasteiger partial charge in [0, 0.05) is 25.2 Å². The molecular weight excluding hydrogens is 258 g/mol. The first-order valence-electron chi connectivity index (χ1n) is 9.20. The Kier molecular flexibility index (Phi) is 6.97. The highest BCUT2D eigenvalue weighted by Gasteiger charge is 2.33. The number of nitrogens with zero attached hydrogens (tertiary/aromatic N) is 2. The molecule has 2 rings (SSSR count). The van der Waals surface area contributed by atoms with Crippen LogP contribution in [0.3, 0.4) is 0 Å². The lowest BCUT2D eigenvalue weighted by Crippen LogP contribution is -2.47. The summed E-state index contributed by atoms with van der Waals surface area (Å²) in [4.78, 5) is 5.16. The standard InChI is InChI=1S/C18H37N3/c1-5-7-15-9-10-18(19-2)16(12-15)13-21-11-6-8-17(21)14-20(3)4/h15-19H,5-14H2,1-4H3. The molecule has 3 heteroatoms. The average molecular weight is 296 g/mol. The minimum Gasteiger partial charge on any atom is -0.317 e. The van der Waals surface area contributed by atoms with Gasteiger partial charge in [-0.3, -0.25) is 4.90 Å². The van der Waals surface area contributed by atoms with E-state index < -0.39 is 0 Å². The molecule has 0 amide bonds. The molecule has 4 unspecified atom stereocenters. The second kappa shape index (κ2) is 8.50. The summed E-state index contributed by atoms with van der Waals surface area (Å²) < 4.78 is 0. The third-order valence-corrected chi connectivity index (χ3v) is 5.70. The molecule has 0 radical (unpaired) electrons. The van der Waals surface area contributed by atoms with Crippen LogP contribution in [0.1, 0.15) is 51.9 Å². The highest BCUT2D eigenvalue weighted by atomic mass is 15.2. The molecule has 0 aromatic heterocycles. The van der Waals surface area contributed by atoms with E-state index in [4.69, 9.17) is 0 Å². The summed E-state index contributed by atoms with van der Waals surface area (Å²) in [6, 6.07) is 1.54. The van der Waals surface area contributed by atoms with Crippen LogP contribution in [0.15, 0.2) is 0 Å². The molecule has 1 aliphatic heterocycles. The van der Waals surface area contributed by atoms with Crippen LogP contribution in [0.25, 0.3) is 0 Å². The molecule has 1 heterocycles. The van der Waals surface area contributed by atoms with Crippen molar-refractivity contribution in [2.75, 3.05) is 40.8 Å². The summed E-state index contributed by atoms with van der Waals surface area (Å²) in [5, 5.41) is 3.61. The molecule has 4 atom stereocenters. The van der Waals surface area contributed by atoms with E-state index >= 15 is 0 Å². The largest absolute Gasteiger partial charge is 0.317 e. The number of likely N-dealkylation sites (tertiary alicyclic amines) is 1. The maximum atomic E-state index is 3.61. The van der Waals surface area contributed by atoms with E-state index in [-0.39, 0.29) is 0 Å². The lowest BCUT2D eigenvalue weighted by atomic mass is 9.76. The molecule has 2 fully saturated rings. The van der Waals surface area contributed by atoms with Crippen molar-refractivity contribution in [2.24, 2.45) is 11.8 Å². The SMILES string of the molecule is CCCC1CCC(NC)C(CN2CCCC2CN(C)C)C1. The fraction of sp³-hybridized carbons (Fsp3) is 1.00. The molecule has 0 aromatic rings. The number of hydrogen-bond acceptors (Lipinski definition) is 3. The molecule has 0 bridgehead atoms. The Bertz CT molecular complexity index is 292. The van der Waals surface area contributed by atoms with Crippen molar-refractivity contribution in [2.45, 2.75) is 64.0 Å². The van der Waals surface area contributed by atoms with Crippen molar-refractivity contribution >= 4 is 0 Å². The van der Waals surface area contributed by atoms with E-state index in [2.05, 4.69) is 43.2 Å². The van der Waals surface area contributed by atoms with E-state index in [0.717, 1.165) is 23.9 Å². The number of hydrogen-bond donors (Lipinski definition) is 1. The van der Waals surface area contributed by atoms with Gasteiger partial charge in [0.25, 0.3) is 0 Å². The van der Waals surface area contributed by atoms with Gasteiger partial charge in [-0.15, -0.1) is 0 Å². The van der Waals surface area contributed by atoms with Gasteiger partial charge in [0.1, 0.15) is 0 Å². The lowest BCUT2D eigenvalue weighted by molar-refractivity contribution is 0.121. The Morgan fingerprint density at radius 1 is 1.19 bits per heavy atom. The Labute approximate surface area is 132 Å². The number of rotatable bonds is 7. The zero-order chi connectivity index (χ0) is 15.2. The Balaban J connectivity index is 1.91. The normalized spacial score (nSPS) is 34.7. The van der Waals surface area contributed by atoms with Gasteiger partial charge in [0.2, 0.25) is 0 Å². The van der Waals surface area contributed by atoms with E-state index in [1.807, 2.05) is 0 Å². The van der Waals surface area contributed by atoms with Crippen LogP contribution in [0.4, 0.5) is 0 Å². The lowest BCUT2D eigenvalue weighted by Gasteiger charge is -2.39. The van der Waals surface area contributed by atoms with E-state index in [9.17, 15) is 0 Å². The van der Waals surface area contributed by atoms with Gasteiger partial charge in [-0.1, -0.05) is 19.8 Å². The summed E-state index contributed by atoms with van der Waals surface area (Å²) in [5.41, 5.74) is 0. The molecule has 1 aliphatic carbocycles. The quantitative estimate of drug-likeness (QED) is 0.779. The minimum atomic E-state index is 0.749. The van der Waals surface area contributed by atoms with Crippen molar-refractivity contribution in [3.63, 3.8) is 0 Å². The van der Waals surface area contributed by atoms with Gasteiger partial charge in [-0.25, -0.2) is 0 Å². The zero-order valence-corrected chi connectivity index (χ0v) is 14.8. The van der Waals surface area contributed by atoms with Crippen LogP contribution in [0.2, 0.25) is 0 Å². The van der Waals surface area contributed by atoms with E-state index in [1.54, 1.807) is 0 Å². The van der Waals surface area contributed by atoms with Crippen molar-refractivity contribution in [3.8, 4) is 0 Å². The van der Waals surface area contributed by atoms with Gasteiger partial charge >= 0.3 is 0 Å². The molecule has 0 aromatic carbocycles. The van der Waals surface area contributed by atoms with E-state index in [1.165, 1.54) is 64.6 Å². The second-order valence-electron chi connectivity index (χ2n) is 7.68. The Hall–Kier alpha value is -0.120. The third-order valence-electron chi connectivity index (χ3n) is 5.70. The second-order valence-corrected chi connectivity index (χ2v) is 7.68. The number of likely N-dealkylation sites (N-methyl/N-ethyl adjacent to an activating group) is 1. The third kappa shape index (κ3) is 4.94. The predicted octanol–water partition coefficient (Wildman–Crippen LogP) is 2.82. The van der Waals surface area contributed by atoms with Crippen molar-refractivity contribution in [3.05, 3.63) is 0 Å². The van der Waals surface area contributed by atoms with Crippen LogP contribution < -0.4 is 5.32 Å². The van der Waals surface area contributed by atoms with Gasteiger partial charge in [-0.05, 0) is 71.6 Å². The van der Waals surface area contributed by atoms with Crippen LogP contribution in [0, 0.1) is 11.8 Å². The fourth-order valence-electron chi connectivity index (χ4n) is 4.68. The van der Waals surface area contributed by atoms with Crippen molar-refractivity contribution in [1.82, 2.24) is 15.1 Å². The zero-order valence-electron chi connectivity index (χ0n) is 14.8. The van der Waals surface area contributed by atoms with Gasteiger partial charge in [-0.2, -0.15) is 0 Å². The van der Waals surface area contributed by atoms with Gasteiger partial charge in [0.05, 0.1) is 0 Å². The van der Waals surface area contributed by atoms with Gasteiger partial charge in [0.15, 0.2) is 0 Å². The molecule has 3 nitrogen and oxygen atoms in total. The maximum absolute atomic E-state index is 3.61. The molecule has 1 N–H and O–H groups in total. The maximum Gasteiger partial charge on any atom is 0.0223 e. The summed E-state index contributed by atoms with van der Waals surface area (Å²) in [6.07, 6.45) is 9.86. The minimum absolute atomic E-state index is 0.749. The molecule has 1 saturated carbocycles. The first-order valence-corrected chi connectivity index (χ1v) is 9.20. The first-order chi connectivity index (χ1) is 10.1. The molecule has 0 spiro atoms. The summed E-state index contributed by atoms with van der Waals surface area (Å²) in [6.45, 7) is 6.22. The Morgan fingerprint density at radius 2 is 2.00 bits per heavy atom. The van der Waals surface area contributed by atoms with Crippen molar-refractivity contribution in [1.29, 1.82) is 0 Å². The van der Waals surface area contributed by atoms with Crippen molar-refractivity contribution < 1.29 is 0 Å². The highest BCUT2D eigenvalue weighted by molar-refractivity contribution is 4.89. The van der Waals surface area contributed by atoms with Crippen LogP contribution in [0.5, 0.6) is 0 Å². The first kappa shape index (κ1) is 17.2. The van der Waals surface area contributed by atoms with Crippen LogP contribution in [-0.4, -0.2) is 62.7 Å². The fourth-order valence-corrected chi connectivity index (χ4v) is 4.68. The van der Waals surface area contributed by atoms with Gasteiger partial charge < -0.3 is 10.2 Å². The molecule has 21 heavy (non-hydrogen) atoms. The topological polar surface area (TPSA) is 18.5 Å². The molecule has 124 valence electrons. The molecule has 2 aliphatic rings. The average Bonchev–Trinajstić information content (AvgIpc) is 2.86. The molecular formula is C18H37N3. The summed E-state index contributed by atoms with van der Waals surface area (Å²) in [5.74, 6) is 1.85.